The van der Waals surface area contributed by atoms with Crippen LogP contribution in [0.3, 0.4) is 0 Å². The van der Waals surface area contributed by atoms with Gasteiger partial charge in [-0.25, -0.2) is 4.84 Å². The van der Waals surface area contributed by atoms with Gasteiger partial charge in [0.25, 0.3) is 0 Å². The first kappa shape index (κ1) is 7.98. The Balaban J connectivity index is 2.44. The minimum Gasteiger partial charge on any atom is -0.370 e. The van der Waals surface area contributed by atoms with Crippen LogP contribution in [0.1, 0.15) is 6.92 Å². The molecule has 0 aromatic rings. The molecule has 60 valence electrons. The zero-order chi connectivity index (χ0) is 7.45. The van der Waals surface area contributed by atoms with Crippen molar-refractivity contribution < 1.29 is 14.2 Å². The third-order valence-corrected chi connectivity index (χ3v) is 2.25. The molecule has 0 amide bonds. The summed E-state index contributed by atoms with van der Waals surface area (Å²) in [7, 11) is 1.77. The Hall–Kier alpha value is -0.120. The molecular formula is C7H16NO2+. The molecule has 1 fully saturated rings. The van der Waals surface area contributed by atoms with Crippen LogP contribution >= 0.6 is 0 Å². The normalized spacial score (nSPS) is 24.6. The van der Waals surface area contributed by atoms with Crippen LogP contribution in [0.5, 0.6) is 0 Å². The summed E-state index contributed by atoms with van der Waals surface area (Å²) in [5.41, 5.74) is 0. The summed E-state index contributed by atoms with van der Waals surface area (Å²) >= 11 is 0. The summed E-state index contributed by atoms with van der Waals surface area (Å²) < 4.78 is 6.00. The number of hydrogen-bond acceptors (Lipinski definition) is 2. The molecule has 0 bridgehead atoms. The van der Waals surface area contributed by atoms with Gasteiger partial charge in [0.1, 0.15) is 19.6 Å². The molecule has 0 aliphatic carbocycles. The van der Waals surface area contributed by atoms with Crippen molar-refractivity contribution in [3.05, 3.63) is 0 Å². The van der Waals surface area contributed by atoms with Gasteiger partial charge in [-0.15, -0.1) is 0 Å². The summed E-state index contributed by atoms with van der Waals surface area (Å²) in [6, 6.07) is 0. The Morgan fingerprint density at radius 2 is 2.00 bits per heavy atom. The van der Waals surface area contributed by atoms with E-state index >= 15 is 0 Å². The first-order chi connectivity index (χ1) is 4.83. The second-order valence-corrected chi connectivity index (χ2v) is 2.62. The van der Waals surface area contributed by atoms with Crippen LogP contribution < -0.4 is 0 Å². The van der Waals surface area contributed by atoms with E-state index in [2.05, 4.69) is 6.92 Å². The Bertz CT molecular complexity index is 93.8. The predicted octanol–water partition coefficient (Wildman–Crippen LogP) is 0.415. The SMILES string of the molecule is CC[N+]1(OC)CCOCC1. The van der Waals surface area contributed by atoms with E-state index in [-0.39, 0.29) is 0 Å². The first-order valence-electron chi connectivity index (χ1n) is 3.82. The standard InChI is InChI=1S/C7H16NO2/c1-3-8(9-2)4-6-10-7-5-8/h3-7H2,1-2H3/q+1. The van der Waals surface area contributed by atoms with Crippen LogP contribution in [0.4, 0.5) is 0 Å². The Labute approximate surface area is 62.1 Å². The highest BCUT2D eigenvalue weighted by Gasteiger charge is 2.28. The fourth-order valence-corrected chi connectivity index (χ4v) is 1.30. The van der Waals surface area contributed by atoms with Gasteiger partial charge in [0.05, 0.1) is 20.3 Å². The monoisotopic (exact) mass is 146 g/mol. The van der Waals surface area contributed by atoms with Crippen molar-refractivity contribution in [2.75, 3.05) is 40.0 Å². The zero-order valence-electron chi connectivity index (χ0n) is 6.80. The lowest BCUT2D eigenvalue weighted by molar-refractivity contribution is -1.10. The number of hydroxylamine groups is 3. The van der Waals surface area contributed by atoms with E-state index < -0.39 is 0 Å². The van der Waals surface area contributed by atoms with E-state index in [1.165, 1.54) is 0 Å². The fraction of sp³-hybridized carbons (Fsp3) is 1.00. The van der Waals surface area contributed by atoms with Crippen molar-refractivity contribution in [3.63, 3.8) is 0 Å². The number of morpholine rings is 1. The lowest BCUT2D eigenvalue weighted by atomic mass is 10.4. The van der Waals surface area contributed by atoms with Crippen molar-refractivity contribution in [1.29, 1.82) is 0 Å². The number of hydrogen-bond donors (Lipinski definition) is 0. The molecule has 3 nitrogen and oxygen atoms in total. The van der Waals surface area contributed by atoms with Gasteiger partial charge in [-0.2, -0.15) is 4.65 Å². The number of nitrogens with zero attached hydrogens (tertiary/aromatic N) is 1. The first-order valence-corrected chi connectivity index (χ1v) is 3.82. The van der Waals surface area contributed by atoms with Crippen molar-refractivity contribution in [1.82, 2.24) is 0 Å². The maximum absolute atomic E-state index is 5.39. The molecule has 0 unspecified atom stereocenters. The Morgan fingerprint density at radius 3 is 2.30 bits per heavy atom. The summed E-state index contributed by atoms with van der Waals surface area (Å²) in [5.74, 6) is 0. The highest BCUT2D eigenvalue weighted by atomic mass is 16.7. The van der Waals surface area contributed by atoms with Crippen LogP contribution in [-0.2, 0) is 9.57 Å². The molecule has 1 rings (SSSR count). The highest BCUT2D eigenvalue weighted by Crippen LogP contribution is 2.09. The molecule has 0 N–H and O–H groups in total. The van der Waals surface area contributed by atoms with Gasteiger partial charge in [-0.05, 0) is 6.92 Å². The summed E-state index contributed by atoms with van der Waals surface area (Å²) in [4.78, 5) is 5.39. The van der Waals surface area contributed by atoms with Gasteiger partial charge < -0.3 is 4.74 Å². The maximum Gasteiger partial charge on any atom is 0.132 e. The molecule has 1 aliphatic heterocycles. The highest BCUT2D eigenvalue weighted by molar-refractivity contribution is 4.41. The number of likely N-dealkylation sites (N-methyl/N-ethyl adjacent to an activating group) is 1. The number of ether oxygens (including phenoxy) is 1. The summed E-state index contributed by atoms with van der Waals surface area (Å²) in [6.45, 7) is 6.85. The maximum atomic E-state index is 5.39. The van der Waals surface area contributed by atoms with E-state index in [0.29, 0.717) is 0 Å². The second kappa shape index (κ2) is 3.32. The van der Waals surface area contributed by atoms with Crippen LogP contribution in [0.15, 0.2) is 0 Å². The van der Waals surface area contributed by atoms with E-state index in [1.54, 1.807) is 7.11 Å². The van der Waals surface area contributed by atoms with Crippen molar-refractivity contribution in [2.45, 2.75) is 6.92 Å². The number of quaternary nitrogens is 1. The third kappa shape index (κ3) is 1.48. The third-order valence-electron chi connectivity index (χ3n) is 2.25. The van der Waals surface area contributed by atoms with Crippen molar-refractivity contribution >= 4 is 0 Å². The molecule has 1 aliphatic rings. The molecule has 0 atom stereocenters. The van der Waals surface area contributed by atoms with Crippen LogP contribution in [0, 0.1) is 0 Å². The average Bonchev–Trinajstić information content (AvgIpc) is 2.06. The molecule has 0 aromatic carbocycles. The summed E-state index contributed by atoms with van der Waals surface area (Å²) in [5, 5.41) is 0. The van der Waals surface area contributed by atoms with E-state index in [0.717, 1.165) is 37.5 Å². The van der Waals surface area contributed by atoms with Crippen molar-refractivity contribution in [2.24, 2.45) is 0 Å². The largest absolute Gasteiger partial charge is 0.370 e. The summed E-state index contributed by atoms with van der Waals surface area (Å²) in [6.07, 6.45) is 0. The Kier molecular flexibility index (Phi) is 2.65. The molecule has 0 aromatic heterocycles. The molecule has 10 heavy (non-hydrogen) atoms. The minimum atomic E-state index is 0.764. The molecule has 3 heteroatoms. The van der Waals surface area contributed by atoms with Crippen molar-refractivity contribution in [3.8, 4) is 0 Å². The zero-order valence-corrected chi connectivity index (χ0v) is 6.80. The second-order valence-electron chi connectivity index (χ2n) is 2.62. The molecular weight excluding hydrogens is 130 g/mol. The number of rotatable bonds is 2. The molecule has 1 heterocycles. The minimum absolute atomic E-state index is 0.764. The van der Waals surface area contributed by atoms with E-state index in [9.17, 15) is 0 Å². The quantitative estimate of drug-likeness (QED) is 0.525. The predicted molar refractivity (Wildman–Crippen MR) is 38.4 cm³/mol. The van der Waals surface area contributed by atoms with Gasteiger partial charge >= 0.3 is 0 Å². The van der Waals surface area contributed by atoms with Crippen LogP contribution in [0.2, 0.25) is 0 Å². The molecule has 0 radical (unpaired) electrons. The Morgan fingerprint density at radius 1 is 1.40 bits per heavy atom. The van der Waals surface area contributed by atoms with E-state index in [1.807, 2.05) is 0 Å². The van der Waals surface area contributed by atoms with Gasteiger partial charge in [0, 0.05) is 0 Å². The average molecular weight is 146 g/mol. The van der Waals surface area contributed by atoms with Crippen LogP contribution in [-0.4, -0.2) is 44.6 Å². The van der Waals surface area contributed by atoms with Gasteiger partial charge in [0.2, 0.25) is 0 Å². The fourth-order valence-electron chi connectivity index (χ4n) is 1.30. The topological polar surface area (TPSA) is 18.5 Å². The van der Waals surface area contributed by atoms with Gasteiger partial charge in [-0.3, -0.25) is 0 Å². The molecule has 0 saturated carbocycles. The van der Waals surface area contributed by atoms with Gasteiger partial charge in [0.15, 0.2) is 0 Å². The lowest BCUT2D eigenvalue weighted by Gasteiger charge is -2.35. The van der Waals surface area contributed by atoms with Crippen LogP contribution in [0.25, 0.3) is 0 Å². The lowest BCUT2D eigenvalue weighted by Crippen LogP contribution is -2.53. The van der Waals surface area contributed by atoms with E-state index in [4.69, 9.17) is 9.57 Å². The van der Waals surface area contributed by atoms with Gasteiger partial charge in [-0.1, -0.05) is 0 Å². The smallest absolute Gasteiger partial charge is 0.132 e. The molecule has 1 saturated heterocycles. The molecule has 0 spiro atoms.